The fraction of sp³-hybridized carbons (Fsp3) is 0.214. The van der Waals surface area contributed by atoms with Crippen LogP contribution in [0, 0.1) is 0 Å². The van der Waals surface area contributed by atoms with Gasteiger partial charge >= 0.3 is 0 Å². The van der Waals surface area contributed by atoms with Crippen LogP contribution in [0.3, 0.4) is 0 Å². The van der Waals surface area contributed by atoms with Crippen molar-refractivity contribution < 1.29 is 16.8 Å². The number of thiazole rings is 1. The van der Waals surface area contributed by atoms with E-state index >= 15 is 0 Å². The number of rotatable bonds is 3. The highest BCUT2D eigenvalue weighted by Gasteiger charge is 2.41. The minimum absolute atomic E-state index is 0.221. The topological polar surface area (TPSA) is 93.2 Å². The van der Waals surface area contributed by atoms with Crippen molar-refractivity contribution >= 4 is 36.1 Å². The molecule has 1 aromatic carbocycles. The molecule has 9 heteroatoms. The molecule has 0 spiro atoms. The Kier molecular flexibility index (Phi) is 4.26. The first-order valence-corrected chi connectivity index (χ1v) is 10.9. The minimum Gasteiger partial charge on any atom is -0.336 e. The van der Waals surface area contributed by atoms with Crippen LogP contribution in [0.2, 0.25) is 0 Å². The van der Waals surface area contributed by atoms with E-state index in [2.05, 4.69) is 10.3 Å². The fourth-order valence-electron chi connectivity index (χ4n) is 2.45. The lowest BCUT2D eigenvalue weighted by atomic mass is 10.0. The Bertz CT molecular complexity index is 880. The molecule has 0 amide bonds. The molecule has 3 rings (SSSR count). The summed E-state index contributed by atoms with van der Waals surface area (Å²) in [6, 6.07) is 8.84. The van der Waals surface area contributed by atoms with Gasteiger partial charge in [0.15, 0.2) is 29.0 Å². The van der Waals surface area contributed by atoms with Crippen LogP contribution in [0.15, 0.2) is 52.3 Å². The van der Waals surface area contributed by atoms with Crippen LogP contribution in [-0.2, 0) is 19.7 Å². The predicted octanol–water partition coefficient (Wildman–Crippen LogP) is 1.98. The maximum atomic E-state index is 12.4. The maximum Gasteiger partial charge on any atom is 0.191 e. The molecular weight excluding hydrogens is 356 g/mol. The number of anilines is 1. The Morgan fingerprint density at radius 3 is 2.30 bits per heavy atom. The summed E-state index contributed by atoms with van der Waals surface area (Å²) in [5.41, 5.74) is 0.714. The molecule has 6 nitrogen and oxygen atoms in total. The molecule has 2 heterocycles. The highest BCUT2D eigenvalue weighted by molar-refractivity contribution is 8.15. The Morgan fingerprint density at radius 1 is 1.09 bits per heavy atom. The average Bonchev–Trinajstić information content (AvgIpc) is 2.99. The van der Waals surface area contributed by atoms with E-state index in [4.69, 9.17) is 0 Å². The highest BCUT2D eigenvalue weighted by atomic mass is 32.3. The molecule has 0 saturated carbocycles. The van der Waals surface area contributed by atoms with E-state index in [1.54, 1.807) is 41.9 Å². The molecule has 1 saturated heterocycles. The lowest BCUT2D eigenvalue weighted by Gasteiger charge is -2.24. The Balaban J connectivity index is 1.94. The summed E-state index contributed by atoms with van der Waals surface area (Å²) in [4.78, 5) is 3.93. The molecule has 0 radical (unpaired) electrons. The summed E-state index contributed by atoms with van der Waals surface area (Å²) in [6.45, 7) is 0. The van der Waals surface area contributed by atoms with Crippen molar-refractivity contribution in [2.45, 2.75) is 5.92 Å². The fourth-order valence-corrected chi connectivity index (χ4v) is 7.54. The normalized spacial score (nSPS) is 22.4. The second-order valence-electron chi connectivity index (χ2n) is 5.12. The van der Waals surface area contributed by atoms with Crippen molar-refractivity contribution in [3.63, 3.8) is 0 Å². The number of aromatic nitrogens is 1. The van der Waals surface area contributed by atoms with Gasteiger partial charge in [0.1, 0.15) is 0 Å². The second kappa shape index (κ2) is 6.06. The molecule has 0 unspecified atom stereocenters. The van der Waals surface area contributed by atoms with Gasteiger partial charge in [0.25, 0.3) is 0 Å². The molecule has 1 N–H and O–H groups in total. The molecule has 1 fully saturated rings. The van der Waals surface area contributed by atoms with Crippen molar-refractivity contribution in [1.29, 1.82) is 0 Å². The summed E-state index contributed by atoms with van der Waals surface area (Å²) in [5.74, 6) is -0.994. The standard InChI is InChI=1S/C14H14N2O4S3/c17-22(18)9-12(11-4-2-1-3-5-11)10-23(19,20)13(22)8-16-14-15-6-7-21-14/h1-8,12H,9-10H2,(H,15,16). The monoisotopic (exact) mass is 370 g/mol. The van der Waals surface area contributed by atoms with E-state index in [0.717, 1.165) is 6.20 Å². The number of hydrogen-bond acceptors (Lipinski definition) is 7. The summed E-state index contributed by atoms with van der Waals surface area (Å²) in [5, 5.41) is 4.79. The summed E-state index contributed by atoms with van der Waals surface area (Å²) >= 11 is 1.25. The van der Waals surface area contributed by atoms with Crippen molar-refractivity contribution in [2.24, 2.45) is 0 Å². The quantitative estimate of drug-likeness (QED) is 0.888. The molecule has 0 atom stereocenters. The zero-order valence-corrected chi connectivity index (χ0v) is 14.4. The van der Waals surface area contributed by atoms with Gasteiger partial charge in [0.2, 0.25) is 0 Å². The average molecular weight is 370 g/mol. The summed E-state index contributed by atoms with van der Waals surface area (Å²) in [6.07, 6.45) is 2.57. The van der Waals surface area contributed by atoms with Crippen LogP contribution in [0.4, 0.5) is 5.13 Å². The van der Waals surface area contributed by atoms with E-state index in [1.165, 1.54) is 11.3 Å². The first kappa shape index (κ1) is 16.2. The molecule has 23 heavy (non-hydrogen) atoms. The number of nitrogens with one attached hydrogen (secondary N) is 1. The lowest BCUT2D eigenvalue weighted by Crippen LogP contribution is -2.33. The van der Waals surface area contributed by atoms with Gasteiger partial charge in [-0.3, -0.25) is 0 Å². The van der Waals surface area contributed by atoms with Gasteiger partial charge in [-0.15, -0.1) is 11.3 Å². The van der Waals surface area contributed by atoms with Crippen molar-refractivity contribution in [3.05, 3.63) is 57.9 Å². The third kappa shape index (κ3) is 3.46. The molecule has 0 bridgehead atoms. The molecular formula is C14H14N2O4S3. The van der Waals surface area contributed by atoms with E-state index in [-0.39, 0.29) is 11.5 Å². The predicted molar refractivity (Wildman–Crippen MR) is 90.6 cm³/mol. The number of hydrogen-bond donors (Lipinski definition) is 1. The first-order valence-electron chi connectivity index (χ1n) is 6.75. The van der Waals surface area contributed by atoms with Gasteiger partial charge in [-0.05, 0) is 5.56 Å². The second-order valence-corrected chi connectivity index (χ2v) is 10.3. The van der Waals surface area contributed by atoms with Gasteiger partial charge in [0, 0.05) is 23.7 Å². The smallest absolute Gasteiger partial charge is 0.191 e. The van der Waals surface area contributed by atoms with E-state index in [0.29, 0.717) is 10.7 Å². The van der Waals surface area contributed by atoms with Gasteiger partial charge < -0.3 is 5.32 Å². The zero-order chi connectivity index (χ0) is 16.5. The summed E-state index contributed by atoms with van der Waals surface area (Å²) < 4.78 is 49.2. The Labute approximate surface area is 138 Å². The number of sulfone groups is 2. The Hall–Kier alpha value is -1.71. The van der Waals surface area contributed by atoms with Crippen LogP contribution >= 0.6 is 11.3 Å². The number of benzene rings is 1. The largest absolute Gasteiger partial charge is 0.336 e. The van der Waals surface area contributed by atoms with Crippen molar-refractivity contribution in [1.82, 2.24) is 4.98 Å². The van der Waals surface area contributed by atoms with Crippen molar-refractivity contribution in [2.75, 3.05) is 16.8 Å². The highest BCUT2D eigenvalue weighted by Crippen LogP contribution is 2.33. The Morgan fingerprint density at radius 2 is 1.74 bits per heavy atom. The van der Waals surface area contributed by atoms with Crippen molar-refractivity contribution in [3.8, 4) is 0 Å². The zero-order valence-electron chi connectivity index (χ0n) is 11.9. The minimum atomic E-state index is -3.89. The molecule has 0 aliphatic carbocycles. The SMILES string of the molecule is O=S1(=O)CC(c2ccccc2)CS(=O)(=O)C1=CNc1nccs1. The summed E-state index contributed by atoms with van der Waals surface area (Å²) in [7, 11) is -7.79. The van der Waals surface area contributed by atoms with E-state index in [1.807, 2.05) is 0 Å². The van der Waals surface area contributed by atoms with Gasteiger partial charge in [-0.2, -0.15) is 0 Å². The molecule has 122 valence electrons. The molecule has 1 aromatic heterocycles. The third-order valence-corrected chi connectivity index (χ3v) is 8.84. The molecule has 1 aliphatic rings. The van der Waals surface area contributed by atoms with Crippen LogP contribution in [-0.4, -0.2) is 33.3 Å². The molecule has 2 aromatic rings. The van der Waals surface area contributed by atoms with E-state index < -0.39 is 29.8 Å². The maximum absolute atomic E-state index is 12.4. The molecule has 1 aliphatic heterocycles. The first-order chi connectivity index (χ1) is 10.9. The van der Waals surface area contributed by atoms with Gasteiger partial charge in [-0.1, -0.05) is 30.3 Å². The van der Waals surface area contributed by atoms with Crippen LogP contribution in [0.1, 0.15) is 11.5 Å². The van der Waals surface area contributed by atoms with Crippen LogP contribution < -0.4 is 5.32 Å². The number of nitrogens with zero attached hydrogens (tertiary/aromatic N) is 1. The third-order valence-electron chi connectivity index (χ3n) is 3.47. The van der Waals surface area contributed by atoms with E-state index in [9.17, 15) is 16.8 Å². The van der Waals surface area contributed by atoms with Gasteiger partial charge in [0.05, 0.1) is 11.5 Å². The van der Waals surface area contributed by atoms with Gasteiger partial charge in [-0.25, -0.2) is 21.8 Å². The lowest BCUT2D eigenvalue weighted by molar-refractivity contribution is 0.579. The van der Waals surface area contributed by atoms with Crippen LogP contribution in [0.5, 0.6) is 0 Å². The van der Waals surface area contributed by atoms with Crippen LogP contribution in [0.25, 0.3) is 0 Å².